The molecule has 1 N–H and O–H groups in total. The predicted octanol–water partition coefficient (Wildman–Crippen LogP) is 1.61. The third kappa shape index (κ3) is 3.22. The number of rotatable bonds is 2. The predicted molar refractivity (Wildman–Crippen MR) is 74.6 cm³/mol. The van der Waals surface area contributed by atoms with Gasteiger partial charge in [0.05, 0.1) is 11.2 Å². The van der Waals surface area contributed by atoms with Gasteiger partial charge >= 0.3 is 0 Å². The van der Waals surface area contributed by atoms with Crippen LogP contribution < -0.4 is 5.32 Å². The lowest BCUT2D eigenvalue weighted by Crippen LogP contribution is -2.58. The number of ether oxygens (including phenoxy) is 1. The lowest BCUT2D eigenvalue weighted by molar-refractivity contribution is -0.171. The Labute approximate surface area is 117 Å². The molecule has 2 rings (SSSR count). The number of amides is 1. The van der Waals surface area contributed by atoms with Crippen LogP contribution in [0.15, 0.2) is 0 Å². The van der Waals surface area contributed by atoms with Crippen LogP contribution in [0.3, 0.4) is 0 Å². The minimum Gasteiger partial charge on any atom is -0.366 e. The largest absolute Gasteiger partial charge is 0.366 e. The fourth-order valence-corrected chi connectivity index (χ4v) is 3.14. The summed E-state index contributed by atoms with van der Waals surface area (Å²) in [6.45, 7) is 9.09. The molecule has 0 aliphatic carbocycles. The Morgan fingerprint density at radius 3 is 2.32 bits per heavy atom. The first kappa shape index (κ1) is 14.2. The van der Waals surface area contributed by atoms with Crippen LogP contribution in [0, 0.1) is 0 Å². The maximum absolute atomic E-state index is 12.5. The van der Waals surface area contributed by atoms with Crippen LogP contribution >= 0.6 is 11.3 Å². The van der Waals surface area contributed by atoms with E-state index in [9.17, 15) is 4.79 Å². The standard InChI is InChI=1S/C12H20N4O2S/c1-11(2)6-16(7-12(3,4)18-11)9(17)8-14-15-10(13-5)19-8/h6-7H2,1-5H3,(H,13,15). The van der Waals surface area contributed by atoms with Crippen LogP contribution in [-0.2, 0) is 4.74 Å². The summed E-state index contributed by atoms with van der Waals surface area (Å²) in [5.41, 5.74) is -0.706. The molecule has 106 valence electrons. The van der Waals surface area contributed by atoms with E-state index in [0.717, 1.165) is 0 Å². The van der Waals surface area contributed by atoms with Crippen molar-refractivity contribution < 1.29 is 9.53 Å². The van der Waals surface area contributed by atoms with Crippen molar-refractivity contribution in [2.45, 2.75) is 38.9 Å². The minimum atomic E-state index is -0.353. The summed E-state index contributed by atoms with van der Waals surface area (Å²) in [7, 11) is 1.76. The number of hydrogen-bond donors (Lipinski definition) is 1. The summed E-state index contributed by atoms with van der Waals surface area (Å²) >= 11 is 1.27. The van der Waals surface area contributed by atoms with Crippen molar-refractivity contribution in [1.82, 2.24) is 15.1 Å². The molecular weight excluding hydrogens is 264 g/mol. The Morgan fingerprint density at radius 1 is 1.26 bits per heavy atom. The first-order chi connectivity index (χ1) is 8.72. The van der Waals surface area contributed by atoms with Gasteiger partial charge in [-0.25, -0.2) is 0 Å². The molecule has 0 saturated carbocycles. The van der Waals surface area contributed by atoms with Gasteiger partial charge in [-0.1, -0.05) is 11.3 Å². The monoisotopic (exact) mass is 284 g/mol. The molecule has 7 heteroatoms. The van der Waals surface area contributed by atoms with Crippen molar-refractivity contribution in [1.29, 1.82) is 0 Å². The maximum atomic E-state index is 12.5. The maximum Gasteiger partial charge on any atom is 0.285 e. The van der Waals surface area contributed by atoms with E-state index in [2.05, 4.69) is 15.5 Å². The molecule has 1 saturated heterocycles. The molecule has 0 aromatic carbocycles. The molecule has 6 nitrogen and oxygen atoms in total. The Morgan fingerprint density at radius 2 is 1.84 bits per heavy atom. The van der Waals surface area contributed by atoms with E-state index in [1.807, 2.05) is 27.7 Å². The summed E-state index contributed by atoms with van der Waals surface area (Å²) in [4.78, 5) is 14.3. The van der Waals surface area contributed by atoms with Crippen molar-refractivity contribution >= 4 is 22.4 Å². The Bertz CT molecular complexity index is 468. The molecule has 19 heavy (non-hydrogen) atoms. The number of nitrogens with one attached hydrogen (secondary N) is 1. The van der Waals surface area contributed by atoms with E-state index in [4.69, 9.17) is 4.74 Å². The van der Waals surface area contributed by atoms with Gasteiger partial charge in [0, 0.05) is 20.1 Å². The van der Waals surface area contributed by atoms with Crippen molar-refractivity contribution in [3.63, 3.8) is 0 Å². The smallest absolute Gasteiger partial charge is 0.285 e. The van der Waals surface area contributed by atoms with Gasteiger partial charge in [-0.15, -0.1) is 10.2 Å². The van der Waals surface area contributed by atoms with Crippen LogP contribution in [0.1, 0.15) is 37.5 Å². The highest BCUT2D eigenvalue weighted by atomic mass is 32.1. The highest BCUT2D eigenvalue weighted by Gasteiger charge is 2.40. The summed E-state index contributed by atoms with van der Waals surface area (Å²) < 4.78 is 5.96. The van der Waals surface area contributed by atoms with Gasteiger partial charge in [-0.3, -0.25) is 4.79 Å². The second kappa shape index (κ2) is 4.72. The van der Waals surface area contributed by atoms with Crippen LogP contribution in [0.25, 0.3) is 0 Å². The van der Waals surface area contributed by atoms with E-state index in [0.29, 0.717) is 23.2 Å². The van der Waals surface area contributed by atoms with Gasteiger partial charge < -0.3 is 15.0 Å². The summed E-state index contributed by atoms with van der Waals surface area (Å²) in [5.74, 6) is -0.0801. The topological polar surface area (TPSA) is 67.4 Å². The summed E-state index contributed by atoms with van der Waals surface area (Å²) in [5, 5.41) is 11.8. The van der Waals surface area contributed by atoms with Crippen LogP contribution in [-0.4, -0.2) is 52.3 Å². The Kier molecular flexibility index (Phi) is 3.53. The van der Waals surface area contributed by atoms with Gasteiger partial charge in [0.15, 0.2) is 0 Å². The van der Waals surface area contributed by atoms with E-state index in [1.54, 1.807) is 11.9 Å². The number of hydrogen-bond acceptors (Lipinski definition) is 6. The van der Waals surface area contributed by atoms with Crippen LogP contribution in [0.2, 0.25) is 0 Å². The molecule has 1 fully saturated rings. The summed E-state index contributed by atoms with van der Waals surface area (Å²) in [6.07, 6.45) is 0. The Balaban J connectivity index is 2.18. The first-order valence-electron chi connectivity index (χ1n) is 6.23. The van der Waals surface area contributed by atoms with Crippen molar-refractivity contribution in [2.75, 3.05) is 25.5 Å². The van der Waals surface area contributed by atoms with Gasteiger partial charge in [0.2, 0.25) is 10.1 Å². The average molecular weight is 284 g/mol. The number of morpholine rings is 1. The zero-order valence-corrected chi connectivity index (χ0v) is 12.8. The second-order valence-corrected chi connectivity index (χ2v) is 6.92. The van der Waals surface area contributed by atoms with E-state index >= 15 is 0 Å². The molecule has 1 aliphatic rings. The number of anilines is 1. The molecule has 0 bridgehead atoms. The highest BCUT2D eigenvalue weighted by Crippen LogP contribution is 2.29. The van der Waals surface area contributed by atoms with E-state index in [-0.39, 0.29) is 17.1 Å². The highest BCUT2D eigenvalue weighted by molar-refractivity contribution is 7.17. The normalized spacial score (nSPS) is 21.2. The van der Waals surface area contributed by atoms with E-state index in [1.165, 1.54) is 11.3 Å². The van der Waals surface area contributed by atoms with Gasteiger partial charge in [0.1, 0.15) is 0 Å². The van der Waals surface area contributed by atoms with Crippen molar-refractivity contribution in [3.05, 3.63) is 5.01 Å². The molecule has 2 heterocycles. The van der Waals surface area contributed by atoms with Gasteiger partial charge in [-0.05, 0) is 27.7 Å². The molecule has 1 amide bonds. The van der Waals surface area contributed by atoms with Crippen molar-refractivity contribution in [3.8, 4) is 0 Å². The molecular formula is C12H20N4O2S. The van der Waals surface area contributed by atoms with Crippen LogP contribution in [0.5, 0.6) is 0 Å². The third-order valence-corrected chi connectivity index (χ3v) is 3.73. The SMILES string of the molecule is CNc1nnc(C(=O)N2CC(C)(C)OC(C)(C)C2)s1. The molecule has 1 aromatic heterocycles. The molecule has 0 radical (unpaired) electrons. The number of nitrogens with zero attached hydrogens (tertiary/aromatic N) is 3. The lowest BCUT2D eigenvalue weighted by atomic mass is 9.99. The zero-order chi connectivity index (χ0) is 14.3. The fourth-order valence-electron chi connectivity index (χ4n) is 2.48. The second-order valence-electron chi connectivity index (χ2n) is 5.95. The van der Waals surface area contributed by atoms with Crippen LogP contribution in [0.4, 0.5) is 5.13 Å². The molecule has 1 aliphatic heterocycles. The average Bonchev–Trinajstić information content (AvgIpc) is 2.72. The number of aromatic nitrogens is 2. The number of carbonyl (C=O) groups excluding carboxylic acids is 1. The number of carbonyl (C=O) groups is 1. The lowest BCUT2D eigenvalue weighted by Gasteiger charge is -2.46. The zero-order valence-electron chi connectivity index (χ0n) is 12.0. The third-order valence-electron chi connectivity index (χ3n) is 2.80. The van der Waals surface area contributed by atoms with Crippen molar-refractivity contribution in [2.24, 2.45) is 0 Å². The van der Waals surface area contributed by atoms with Gasteiger partial charge in [0.25, 0.3) is 5.91 Å². The Hall–Kier alpha value is -1.21. The first-order valence-corrected chi connectivity index (χ1v) is 7.05. The molecule has 0 atom stereocenters. The quantitative estimate of drug-likeness (QED) is 0.893. The molecule has 1 aromatic rings. The van der Waals surface area contributed by atoms with E-state index < -0.39 is 0 Å². The molecule has 0 unspecified atom stereocenters. The molecule has 0 spiro atoms. The summed E-state index contributed by atoms with van der Waals surface area (Å²) in [6, 6.07) is 0. The fraction of sp³-hybridized carbons (Fsp3) is 0.750. The van der Waals surface area contributed by atoms with Gasteiger partial charge in [-0.2, -0.15) is 0 Å². The minimum absolute atomic E-state index is 0.0801.